The summed E-state index contributed by atoms with van der Waals surface area (Å²) in [5.74, 6) is 7.07. The molecular weight excluding hydrogens is 176 g/mol. The van der Waals surface area contributed by atoms with Crippen molar-refractivity contribution in [3.63, 3.8) is 0 Å². The number of nitrogens with zero attached hydrogens (tertiary/aromatic N) is 2. The van der Waals surface area contributed by atoms with Gasteiger partial charge < -0.3 is 15.5 Å². The van der Waals surface area contributed by atoms with Gasteiger partial charge in [0, 0.05) is 13.5 Å². The van der Waals surface area contributed by atoms with Gasteiger partial charge in [-0.15, -0.1) is 5.92 Å². The molecule has 0 aromatic carbocycles. The summed E-state index contributed by atoms with van der Waals surface area (Å²) in [5, 5.41) is 6.71. The first-order valence-electron chi connectivity index (χ1n) is 4.69. The van der Waals surface area contributed by atoms with E-state index in [0.29, 0.717) is 0 Å². The van der Waals surface area contributed by atoms with Crippen molar-refractivity contribution in [3.05, 3.63) is 11.5 Å². The molecule has 0 aromatic heterocycles. The fraction of sp³-hybridized carbons (Fsp3) is 0.500. The van der Waals surface area contributed by atoms with Gasteiger partial charge in [-0.05, 0) is 6.92 Å². The summed E-state index contributed by atoms with van der Waals surface area (Å²) >= 11 is 0. The Kier molecular flexibility index (Phi) is 2.32. The van der Waals surface area contributed by atoms with Crippen molar-refractivity contribution in [2.24, 2.45) is 4.99 Å². The lowest BCUT2D eigenvalue weighted by atomic mass is 10.3. The van der Waals surface area contributed by atoms with Crippen molar-refractivity contribution >= 4 is 6.21 Å². The molecule has 0 saturated carbocycles. The first-order valence-corrected chi connectivity index (χ1v) is 4.69. The zero-order valence-electron chi connectivity index (χ0n) is 8.46. The zero-order chi connectivity index (χ0) is 9.97. The van der Waals surface area contributed by atoms with Crippen molar-refractivity contribution in [1.82, 2.24) is 15.5 Å². The molecule has 74 valence electrons. The van der Waals surface area contributed by atoms with E-state index in [9.17, 15) is 0 Å². The minimum Gasteiger partial charge on any atom is -0.360 e. The smallest absolute Gasteiger partial charge is 0.130 e. The number of hydrogen-bond donors (Lipinski definition) is 2. The van der Waals surface area contributed by atoms with Crippen LogP contribution in [0.3, 0.4) is 0 Å². The van der Waals surface area contributed by atoms with E-state index in [-0.39, 0.29) is 6.17 Å². The van der Waals surface area contributed by atoms with E-state index >= 15 is 0 Å². The summed E-state index contributed by atoms with van der Waals surface area (Å²) < 4.78 is 0. The maximum Gasteiger partial charge on any atom is 0.130 e. The first kappa shape index (κ1) is 8.95. The predicted octanol–water partition coefficient (Wildman–Crippen LogP) is 0.0615. The average Bonchev–Trinajstić information content (AvgIpc) is 2.59. The highest BCUT2D eigenvalue weighted by molar-refractivity contribution is 5.80. The Hall–Kier alpha value is -1.63. The van der Waals surface area contributed by atoms with Crippen molar-refractivity contribution in [3.8, 4) is 11.8 Å². The lowest BCUT2D eigenvalue weighted by molar-refractivity contribution is 0.388. The second-order valence-corrected chi connectivity index (χ2v) is 3.39. The third-order valence-corrected chi connectivity index (χ3v) is 2.27. The van der Waals surface area contributed by atoms with Gasteiger partial charge in [0.25, 0.3) is 0 Å². The highest BCUT2D eigenvalue weighted by Gasteiger charge is 2.24. The molecule has 2 aliphatic heterocycles. The first-order chi connectivity index (χ1) is 6.81. The molecular formula is C10H14N4. The molecule has 0 aliphatic carbocycles. The normalized spacial score (nSPS) is 23.6. The van der Waals surface area contributed by atoms with Crippen LogP contribution in [0, 0.1) is 11.8 Å². The standard InChI is InChI=1S/C10H14N4/c1-3-4-5-9-12-8-6-11-7-14(2)10(8)13-9/h6,9,12-13H,5,7H2,1-2H3. The van der Waals surface area contributed by atoms with E-state index in [1.807, 2.05) is 20.2 Å². The van der Waals surface area contributed by atoms with Gasteiger partial charge >= 0.3 is 0 Å². The van der Waals surface area contributed by atoms with Gasteiger partial charge in [0.1, 0.15) is 18.7 Å². The fourth-order valence-electron chi connectivity index (χ4n) is 1.58. The van der Waals surface area contributed by atoms with E-state index in [2.05, 4.69) is 32.4 Å². The van der Waals surface area contributed by atoms with Crippen molar-refractivity contribution in [2.75, 3.05) is 13.7 Å². The van der Waals surface area contributed by atoms with Crippen LogP contribution in [-0.2, 0) is 0 Å². The maximum atomic E-state index is 4.22. The molecule has 1 unspecified atom stereocenters. The van der Waals surface area contributed by atoms with Gasteiger partial charge in [-0.1, -0.05) is 5.92 Å². The quantitative estimate of drug-likeness (QED) is 0.574. The van der Waals surface area contributed by atoms with Crippen LogP contribution in [0.25, 0.3) is 0 Å². The average molecular weight is 190 g/mol. The van der Waals surface area contributed by atoms with Crippen molar-refractivity contribution < 1.29 is 0 Å². The molecule has 2 heterocycles. The Labute approximate surface area is 84.1 Å². The molecule has 0 amide bonds. The van der Waals surface area contributed by atoms with Gasteiger partial charge in [0.05, 0.1) is 11.9 Å². The van der Waals surface area contributed by atoms with Crippen LogP contribution in [0.5, 0.6) is 0 Å². The summed E-state index contributed by atoms with van der Waals surface area (Å²) in [6.45, 7) is 2.58. The molecule has 2 N–H and O–H groups in total. The summed E-state index contributed by atoms with van der Waals surface area (Å²) in [7, 11) is 2.02. The summed E-state index contributed by atoms with van der Waals surface area (Å²) in [6, 6.07) is 0. The number of aliphatic imine (C=N–C) groups is 1. The molecule has 4 heteroatoms. The fourth-order valence-corrected chi connectivity index (χ4v) is 1.58. The predicted molar refractivity (Wildman–Crippen MR) is 56.3 cm³/mol. The highest BCUT2D eigenvalue weighted by Crippen LogP contribution is 2.14. The van der Waals surface area contributed by atoms with Crippen LogP contribution < -0.4 is 10.6 Å². The number of rotatable bonds is 1. The molecule has 4 nitrogen and oxygen atoms in total. The third kappa shape index (κ3) is 1.53. The van der Waals surface area contributed by atoms with Crippen LogP contribution in [-0.4, -0.2) is 31.0 Å². The SMILES string of the molecule is CC#CCC1NC2=C(N1)N(C)CN=C2. The van der Waals surface area contributed by atoms with E-state index in [1.54, 1.807) is 0 Å². The minimum absolute atomic E-state index is 0.222. The monoisotopic (exact) mass is 190 g/mol. The lowest BCUT2D eigenvalue weighted by Crippen LogP contribution is -2.35. The van der Waals surface area contributed by atoms with Gasteiger partial charge in [-0.3, -0.25) is 4.99 Å². The molecule has 1 atom stereocenters. The minimum atomic E-state index is 0.222. The Bertz CT molecular complexity index is 345. The largest absolute Gasteiger partial charge is 0.360 e. The molecule has 14 heavy (non-hydrogen) atoms. The molecule has 0 bridgehead atoms. The summed E-state index contributed by atoms with van der Waals surface area (Å²) in [5.41, 5.74) is 1.07. The Balaban J connectivity index is 2.03. The van der Waals surface area contributed by atoms with Gasteiger partial charge in [0.15, 0.2) is 0 Å². The van der Waals surface area contributed by atoms with E-state index in [0.717, 1.165) is 24.6 Å². The second kappa shape index (κ2) is 3.62. The number of allylic oxidation sites excluding steroid dienone is 1. The van der Waals surface area contributed by atoms with E-state index in [4.69, 9.17) is 0 Å². The lowest BCUT2D eigenvalue weighted by Gasteiger charge is -2.21. The molecule has 0 aromatic rings. The molecule has 2 rings (SSSR count). The van der Waals surface area contributed by atoms with Crippen LogP contribution >= 0.6 is 0 Å². The third-order valence-electron chi connectivity index (χ3n) is 2.27. The van der Waals surface area contributed by atoms with Gasteiger partial charge in [-0.2, -0.15) is 0 Å². The summed E-state index contributed by atoms with van der Waals surface area (Å²) in [4.78, 5) is 6.31. The van der Waals surface area contributed by atoms with Crippen LogP contribution in [0.1, 0.15) is 13.3 Å². The maximum absolute atomic E-state index is 4.22. The molecule has 0 fully saturated rings. The van der Waals surface area contributed by atoms with Crippen LogP contribution in [0.4, 0.5) is 0 Å². The van der Waals surface area contributed by atoms with Crippen molar-refractivity contribution in [1.29, 1.82) is 0 Å². The second-order valence-electron chi connectivity index (χ2n) is 3.39. The summed E-state index contributed by atoms with van der Waals surface area (Å²) in [6.07, 6.45) is 2.91. The molecule has 2 aliphatic rings. The topological polar surface area (TPSA) is 39.7 Å². The van der Waals surface area contributed by atoms with Crippen molar-refractivity contribution in [2.45, 2.75) is 19.5 Å². The van der Waals surface area contributed by atoms with Gasteiger partial charge in [0.2, 0.25) is 0 Å². The van der Waals surface area contributed by atoms with E-state index < -0.39 is 0 Å². The zero-order valence-corrected chi connectivity index (χ0v) is 8.46. The molecule has 0 radical (unpaired) electrons. The Morgan fingerprint density at radius 2 is 2.50 bits per heavy atom. The van der Waals surface area contributed by atoms with Crippen LogP contribution in [0.15, 0.2) is 16.5 Å². The molecule has 0 spiro atoms. The Morgan fingerprint density at radius 1 is 1.64 bits per heavy atom. The molecule has 0 saturated heterocycles. The van der Waals surface area contributed by atoms with Gasteiger partial charge in [-0.25, -0.2) is 0 Å². The van der Waals surface area contributed by atoms with E-state index in [1.165, 1.54) is 0 Å². The van der Waals surface area contributed by atoms with Crippen LogP contribution in [0.2, 0.25) is 0 Å². The highest BCUT2D eigenvalue weighted by atomic mass is 15.4. The number of nitrogens with one attached hydrogen (secondary N) is 2. The number of hydrogen-bond acceptors (Lipinski definition) is 4. The Morgan fingerprint density at radius 3 is 3.21 bits per heavy atom.